The fraction of sp³-hybridized carbons (Fsp3) is 0.615. The summed E-state index contributed by atoms with van der Waals surface area (Å²) in [7, 11) is 1.69. The van der Waals surface area contributed by atoms with E-state index < -0.39 is 41.4 Å². The maximum atomic E-state index is 13.9. The summed E-state index contributed by atoms with van der Waals surface area (Å²) < 4.78 is 0. The second-order valence-electron chi connectivity index (χ2n) is 10.8. The number of thioether (sulfide) groups is 1. The Balaban J connectivity index is 1.62. The Morgan fingerprint density at radius 2 is 1.89 bits per heavy atom. The number of fused-ring (bicyclic) bond motifs is 2. The molecular weight excluding hydrogens is 478 g/mol. The number of benzene rings is 1. The first-order valence-corrected chi connectivity index (χ1v) is 13.7. The fourth-order valence-corrected chi connectivity index (χ4v) is 7.33. The number of primary amides is 1. The first-order chi connectivity index (χ1) is 17.0. The highest BCUT2D eigenvalue weighted by molar-refractivity contribution is 7.99. The van der Waals surface area contributed by atoms with Crippen LogP contribution in [0.3, 0.4) is 0 Å². The lowest BCUT2D eigenvalue weighted by atomic mass is 9.78. The molecule has 2 heterocycles. The molecule has 10 heteroatoms. The van der Waals surface area contributed by atoms with Gasteiger partial charge in [-0.2, -0.15) is 0 Å². The topological polar surface area (TPSA) is 134 Å². The van der Waals surface area contributed by atoms with Gasteiger partial charge in [-0.05, 0) is 61.9 Å². The minimum Gasteiger partial charge on any atom is -0.369 e. The summed E-state index contributed by atoms with van der Waals surface area (Å²) in [4.78, 5) is 54.2. The van der Waals surface area contributed by atoms with Crippen molar-refractivity contribution in [1.82, 2.24) is 20.9 Å². The summed E-state index contributed by atoms with van der Waals surface area (Å²) in [5.74, 6) is -1.03. The average molecular weight is 516 g/mol. The van der Waals surface area contributed by atoms with Gasteiger partial charge in [0.05, 0.1) is 23.4 Å². The van der Waals surface area contributed by atoms with Gasteiger partial charge in [-0.3, -0.25) is 19.2 Å². The van der Waals surface area contributed by atoms with Crippen molar-refractivity contribution in [3.8, 4) is 0 Å². The second-order valence-corrected chi connectivity index (χ2v) is 12.0. The predicted octanol–water partition coefficient (Wildman–Crippen LogP) is 1.07. The number of nitrogens with two attached hydrogens (primary N) is 1. The number of hydrogen-bond donors (Lipinski definition) is 4. The SMILES string of the molecule is CN[C@@H](C)C(=O)N[C@H]1CCSC2CC(C)(C)[C@@H](C(=O)N[C@@H]3c4ccccc4CC[C@H]3C(N)=O)N2C1=O. The molecule has 4 amide bonds. The lowest BCUT2D eigenvalue weighted by Gasteiger charge is -2.37. The molecule has 2 saturated heterocycles. The van der Waals surface area contributed by atoms with Crippen LogP contribution in [0, 0.1) is 11.3 Å². The molecule has 1 unspecified atom stereocenters. The highest BCUT2D eigenvalue weighted by Gasteiger charge is 2.55. The molecule has 9 nitrogen and oxygen atoms in total. The highest BCUT2D eigenvalue weighted by atomic mass is 32.2. The first kappa shape index (κ1) is 26.5. The molecule has 4 rings (SSSR count). The zero-order valence-electron chi connectivity index (χ0n) is 21.4. The van der Waals surface area contributed by atoms with Crippen LogP contribution in [0.15, 0.2) is 24.3 Å². The molecular formula is C26H37N5O4S. The van der Waals surface area contributed by atoms with Gasteiger partial charge in [-0.1, -0.05) is 38.1 Å². The number of hydrogen-bond acceptors (Lipinski definition) is 6. The lowest BCUT2D eigenvalue weighted by Crippen LogP contribution is -2.58. The van der Waals surface area contributed by atoms with Crippen LogP contribution in [0.2, 0.25) is 0 Å². The third-order valence-corrected chi connectivity index (χ3v) is 9.12. The van der Waals surface area contributed by atoms with Gasteiger partial charge < -0.3 is 26.6 Å². The summed E-state index contributed by atoms with van der Waals surface area (Å²) in [6.45, 7) is 5.73. The van der Waals surface area contributed by atoms with Crippen molar-refractivity contribution in [1.29, 1.82) is 0 Å². The number of carbonyl (C=O) groups is 4. The molecule has 0 bridgehead atoms. The number of carbonyl (C=O) groups excluding carboxylic acids is 4. The van der Waals surface area contributed by atoms with Gasteiger partial charge >= 0.3 is 0 Å². The fourth-order valence-electron chi connectivity index (χ4n) is 5.76. The van der Waals surface area contributed by atoms with Crippen molar-refractivity contribution in [2.75, 3.05) is 12.8 Å². The highest BCUT2D eigenvalue weighted by Crippen LogP contribution is 2.47. The Labute approximate surface area is 216 Å². The summed E-state index contributed by atoms with van der Waals surface area (Å²) in [5, 5.41) is 8.74. The molecule has 2 aliphatic heterocycles. The van der Waals surface area contributed by atoms with E-state index in [-0.39, 0.29) is 23.1 Å². The van der Waals surface area contributed by atoms with Crippen LogP contribution in [0.25, 0.3) is 0 Å². The molecule has 0 spiro atoms. The molecule has 1 aromatic rings. The third kappa shape index (κ3) is 4.98. The Hall–Kier alpha value is -2.59. The number of amides is 4. The van der Waals surface area contributed by atoms with E-state index in [1.807, 2.05) is 38.1 Å². The van der Waals surface area contributed by atoms with E-state index in [0.717, 1.165) is 17.5 Å². The smallest absolute Gasteiger partial charge is 0.246 e. The van der Waals surface area contributed by atoms with E-state index in [1.165, 1.54) is 0 Å². The molecule has 0 aromatic heterocycles. The Bertz CT molecular complexity index is 1050. The molecule has 1 aromatic carbocycles. The van der Waals surface area contributed by atoms with Crippen molar-refractivity contribution < 1.29 is 19.2 Å². The summed E-state index contributed by atoms with van der Waals surface area (Å²) in [5.41, 5.74) is 7.24. The lowest BCUT2D eigenvalue weighted by molar-refractivity contribution is -0.144. The van der Waals surface area contributed by atoms with Crippen LogP contribution in [0.4, 0.5) is 0 Å². The van der Waals surface area contributed by atoms with E-state index in [2.05, 4.69) is 16.0 Å². The number of nitrogens with zero attached hydrogens (tertiary/aromatic N) is 1. The van der Waals surface area contributed by atoms with E-state index >= 15 is 0 Å². The summed E-state index contributed by atoms with van der Waals surface area (Å²) in [6.07, 6.45) is 2.45. The average Bonchev–Trinajstić information content (AvgIpc) is 3.03. The van der Waals surface area contributed by atoms with Gasteiger partial charge in [0.25, 0.3) is 0 Å². The number of likely N-dealkylation sites (N-methyl/N-ethyl adjacent to an activating group) is 1. The third-order valence-electron chi connectivity index (χ3n) is 7.87. The molecule has 0 saturated carbocycles. The molecule has 6 atom stereocenters. The molecule has 0 radical (unpaired) electrons. The first-order valence-electron chi connectivity index (χ1n) is 12.6. The van der Waals surface area contributed by atoms with E-state index in [9.17, 15) is 19.2 Å². The van der Waals surface area contributed by atoms with Crippen molar-refractivity contribution in [2.45, 2.75) is 76.0 Å². The van der Waals surface area contributed by atoms with Crippen LogP contribution >= 0.6 is 11.8 Å². The van der Waals surface area contributed by atoms with Gasteiger partial charge in [0, 0.05) is 0 Å². The Morgan fingerprint density at radius 3 is 2.58 bits per heavy atom. The zero-order valence-corrected chi connectivity index (χ0v) is 22.2. The second kappa shape index (κ2) is 10.4. The monoisotopic (exact) mass is 515 g/mol. The standard InChI is InChI=1S/C26H37N5O4S/c1-14(28-4)23(33)29-18-11-12-36-19-13-26(2,3)21(31(19)25(18)35)24(34)30-20-16-8-6-5-7-15(16)9-10-17(20)22(27)32/h5-8,14,17-21,28H,9-13H2,1-4H3,(H2,27,32)(H,29,33)(H,30,34)/t14-,17+,18-,19?,20+,21+/m0/s1. The maximum Gasteiger partial charge on any atom is 0.246 e. The number of nitrogens with one attached hydrogen (secondary N) is 3. The summed E-state index contributed by atoms with van der Waals surface area (Å²) in [6, 6.07) is 5.38. The van der Waals surface area contributed by atoms with Crippen LogP contribution in [0.1, 0.15) is 57.2 Å². The van der Waals surface area contributed by atoms with Crippen LogP contribution in [-0.2, 0) is 25.6 Å². The van der Waals surface area contributed by atoms with Gasteiger partial charge in [0.1, 0.15) is 12.1 Å². The van der Waals surface area contributed by atoms with Crippen LogP contribution in [0.5, 0.6) is 0 Å². The zero-order chi connectivity index (χ0) is 26.2. The van der Waals surface area contributed by atoms with Gasteiger partial charge in [-0.15, -0.1) is 11.8 Å². The quantitative estimate of drug-likeness (QED) is 0.448. The minimum atomic E-state index is -0.732. The van der Waals surface area contributed by atoms with Crippen molar-refractivity contribution in [2.24, 2.45) is 17.1 Å². The Kier molecular flexibility index (Phi) is 7.66. The van der Waals surface area contributed by atoms with Crippen LogP contribution < -0.4 is 21.7 Å². The largest absolute Gasteiger partial charge is 0.369 e. The van der Waals surface area contributed by atoms with Gasteiger partial charge in [0.2, 0.25) is 23.6 Å². The van der Waals surface area contributed by atoms with Gasteiger partial charge in [0.15, 0.2) is 0 Å². The number of rotatable bonds is 6. The van der Waals surface area contributed by atoms with E-state index in [1.54, 1.807) is 30.6 Å². The molecule has 3 aliphatic rings. The molecule has 2 fully saturated rings. The molecule has 1 aliphatic carbocycles. The molecule has 196 valence electrons. The molecule has 5 N–H and O–H groups in total. The van der Waals surface area contributed by atoms with Crippen LogP contribution in [-0.4, -0.2) is 64.8 Å². The van der Waals surface area contributed by atoms with Crippen molar-refractivity contribution in [3.05, 3.63) is 35.4 Å². The van der Waals surface area contributed by atoms with E-state index in [4.69, 9.17) is 5.73 Å². The van der Waals surface area contributed by atoms with Crippen molar-refractivity contribution in [3.63, 3.8) is 0 Å². The normalized spacial score (nSPS) is 29.9. The summed E-state index contributed by atoms with van der Waals surface area (Å²) >= 11 is 1.65. The number of aryl methyl sites for hydroxylation is 1. The molecule has 36 heavy (non-hydrogen) atoms. The maximum absolute atomic E-state index is 13.9. The van der Waals surface area contributed by atoms with Crippen molar-refractivity contribution >= 4 is 35.4 Å². The van der Waals surface area contributed by atoms with Gasteiger partial charge in [-0.25, -0.2) is 0 Å². The van der Waals surface area contributed by atoms with E-state index in [0.29, 0.717) is 25.0 Å². The predicted molar refractivity (Wildman–Crippen MR) is 139 cm³/mol. The Morgan fingerprint density at radius 1 is 1.17 bits per heavy atom. The minimum absolute atomic E-state index is 0.155.